The van der Waals surface area contributed by atoms with Gasteiger partial charge in [-0.05, 0) is 43.4 Å². The fourth-order valence-corrected chi connectivity index (χ4v) is 13.0. The number of phosphoric ester groups is 2. The summed E-state index contributed by atoms with van der Waals surface area (Å²) >= 11 is 0. The number of unbranched alkanes of at least 4 members (excludes halogenated alkanes) is 40. The number of phosphoric acid groups is 2. The van der Waals surface area contributed by atoms with Crippen molar-refractivity contribution >= 4 is 39.5 Å². The van der Waals surface area contributed by atoms with Gasteiger partial charge in [0.25, 0.3) is 0 Å². The third-order valence-electron chi connectivity index (χ3n) is 17.7. The second-order valence-electron chi connectivity index (χ2n) is 28.2. The van der Waals surface area contributed by atoms with E-state index < -0.39 is 97.5 Å². The molecule has 0 radical (unpaired) electrons. The minimum atomic E-state index is -4.96. The second-order valence-corrected chi connectivity index (χ2v) is 31.1. The van der Waals surface area contributed by atoms with E-state index in [0.717, 1.165) is 108 Å². The maximum Gasteiger partial charge on any atom is 0.472 e. The van der Waals surface area contributed by atoms with Gasteiger partial charge < -0.3 is 33.8 Å². The van der Waals surface area contributed by atoms with Crippen molar-refractivity contribution in [1.82, 2.24) is 0 Å². The Bertz CT molecular complexity index is 1840. The van der Waals surface area contributed by atoms with Crippen LogP contribution in [0.3, 0.4) is 0 Å². The van der Waals surface area contributed by atoms with Crippen LogP contribution in [0.25, 0.3) is 0 Å². The van der Waals surface area contributed by atoms with Crippen molar-refractivity contribution < 1.29 is 80.2 Å². The van der Waals surface area contributed by atoms with Crippen LogP contribution in [0.15, 0.2) is 0 Å². The Balaban J connectivity index is 5.17. The first-order valence-electron chi connectivity index (χ1n) is 38.9. The summed E-state index contributed by atoms with van der Waals surface area (Å²) in [5, 5.41) is 10.6. The Hall–Kier alpha value is -1.94. The molecule has 0 aromatic rings. The van der Waals surface area contributed by atoms with Gasteiger partial charge in [-0.3, -0.25) is 37.3 Å². The van der Waals surface area contributed by atoms with Crippen LogP contribution in [0.2, 0.25) is 0 Å². The summed E-state index contributed by atoms with van der Waals surface area (Å²) < 4.78 is 68.4. The summed E-state index contributed by atoms with van der Waals surface area (Å²) in [5.41, 5.74) is 0. The first kappa shape index (κ1) is 92.1. The van der Waals surface area contributed by atoms with Crippen molar-refractivity contribution in [3.63, 3.8) is 0 Å². The number of esters is 4. The van der Waals surface area contributed by atoms with Crippen LogP contribution in [0.1, 0.15) is 382 Å². The smallest absolute Gasteiger partial charge is 0.462 e. The number of hydrogen-bond acceptors (Lipinski definition) is 15. The number of ether oxygens (including phenoxy) is 4. The molecule has 0 saturated carbocycles. The number of carbonyl (C=O) groups is 4. The summed E-state index contributed by atoms with van der Waals surface area (Å²) in [5.74, 6) is 0.0487. The molecule has 0 bridgehead atoms. The molecule has 0 aliphatic heterocycles. The predicted molar refractivity (Wildman–Crippen MR) is 381 cm³/mol. The molecule has 94 heavy (non-hydrogen) atoms. The first-order valence-corrected chi connectivity index (χ1v) is 41.9. The Morgan fingerprint density at radius 1 is 0.309 bits per heavy atom. The van der Waals surface area contributed by atoms with Crippen molar-refractivity contribution in [2.45, 2.75) is 401 Å². The van der Waals surface area contributed by atoms with Crippen molar-refractivity contribution in [3.05, 3.63) is 0 Å². The zero-order valence-corrected chi connectivity index (χ0v) is 63.2. The zero-order chi connectivity index (χ0) is 69.4. The van der Waals surface area contributed by atoms with Crippen LogP contribution in [-0.2, 0) is 65.4 Å². The Kier molecular flexibility index (Phi) is 64.3. The average molecular weight is 1380 g/mol. The second kappa shape index (κ2) is 65.7. The van der Waals surface area contributed by atoms with Gasteiger partial charge in [0.15, 0.2) is 12.2 Å². The molecule has 0 aliphatic rings. The van der Waals surface area contributed by atoms with Crippen LogP contribution in [-0.4, -0.2) is 96.7 Å². The molecule has 3 N–H and O–H groups in total. The molecular weight excluding hydrogens is 1230 g/mol. The summed E-state index contributed by atoms with van der Waals surface area (Å²) in [6.45, 7) is 11.8. The van der Waals surface area contributed by atoms with Crippen molar-refractivity contribution in [2.24, 2.45) is 17.8 Å². The molecule has 0 aromatic heterocycles. The lowest BCUT2D eigenvalue weighted by atomic mass is 9.99. The molecule has 19 heteroatoms. The summed E-state index contributed by atoms with van der Waals surface area (Å²) in [4.78, 5) is 72.6. The Morgan fingerprint density at radius 3 is 0.809 bits per heavy atom. The third kappa shape index (κ3) is 67.3. The normalized spacial score (nSPS) is 14.4. The monoisotopic (exact) mass is 1380 g/mol. The SMILES string of the molecule is CCCCCCCCCCCCCCCCCCCCCCCCC(=O)O[C@H](COC(=O)CCCCCCCCCCC(C)CC)COP(=O)(O)OC[C@@H](O)COP(=O)(O)OC[C@@H](COC(=O)CCCCCCCCC(C)C)OC(=O)CCCCCCCCCCC(C)C. The molecule has 0 fully saturated rings. The largest absolute Gasteiger partial charge is 0.472 e. The van der Waals surface area contributed by atoms with E-state index in [1.54, 1.807) is 0 Å². The summed E-state index contributed by atoms with van der Waals surface area (Å²) in [6, 6.07) is 0. The predicted octanol–water partition coefficient (Wildman–Crippen LogP) is 21.8. The highest BCUT2D eigenvalue weighted by atomic mass is 31.2. The standard InChI is InChI=1S/C75H146O17P2/c1-8-10-11-12-13-14-15-16-17-18-19-20-21-22-23-24-25-26-27-35-44-51-58-74(79)91-70(62-85-72(77)56-49-42-34-31-29-33-41-48-55-68(7)9-2)64-89-93(81,82)87-60-69(76)61-88-94(83,84)90-65-71(63-86-73(78)57-50-43-38-37-40-47-54-67(5)6)92-75(80)59-52-45-36-30-28-32-39-46-53-66(3)4/h66-71,76H,8-65H2,1-7H3,(H,81,82)(H,83,84)/t68?,69-,70-,71-/m1/s1. The Morgan fingerprint density at radius 2 is 0.543 bits per heavy atom. The van der Waals surface area contributed by atoms with E-state index in [2.05, 4.69) is 48.5 Å². The number of rotatable bonds is 73. The molecule has 17 nitrogen and oxygen atoms in total. The van der Waals surface area contributed by atoms with Gasteiger partial charge in [0.1, 0.15) is 19.3 Å². The maximum atomic E-state index is 13.1. The topological polar surface area (TPSA) is 237 Å². The molecular formula is C75H146O17P2. The van der Waals surface area contributed by atoms with Gasteiger partial charge in [0.05, 0.1) is 26.4 Å². The van der Waals surface area contributed by atoms with Gasteiger partial charge in [-0.25, -0.2) is 9.13 Å². The van der Waals surface area contributed by atoms with Gasteiger partial charge in [-0.15, -0.1) is 0 Å². The minimum Gasteiger partial charge on any atom is -0.462 e. The van der Waals surface area contributed by atoms with Crippen molar-refractivity contribution in [3.8, 4) is 0 Å². The van der Waals surface area contributed by atoms with Crippen LogP contribution in [0.5, 0.6) is 0 Å². The summed E-state index contributed by atoms with van der Waals surface area (Å²) in [6.07, 6.45) is 51.8. The van der Waals surface area contributed by atoms with Gasteiger partial charge in [-0.1, -0.05) is 331 Å². The molecule has 0 amide bonds. The lowest BCUT2D eigenvalue weighted by molar-refractivity contribution is -0.161. The van der Waals surface area contributed by atoms with E-state index in [9.17, 15) is 43.2 Å². The highest BCUT2D eigenvalue weighted by Crippen LogP contribution is 2.45. The molecule has 0 spiro atoms. The summed E-state index contributed by atoms with van der Waals surface area (Å²) in [7, 11) is -9.91. The Labute approximate surface area is 575 Å². The molecule has 0 aromatic carbocycles. The van der Waals surface area contributed by atoms with E-state index in [-0.39, 0.29) is 25.7 Å². The molecule has 0 saturated heterocycles. The van der Waals surface area contributed by atoms with Gasteiger partial charge in [0, 0.05) is 25.7 Å². The van der Waals surface area contributed by atoms with Crippen LogP contribution in [0.4, 0.5) is 0 Å². The number of carbonyl (C=O) groups excluding carboxylic acids is 4. The number of aliphatic hydroxyl groups excluding tert-OH is 1. The lowest BCUT2D eigenvalue weighted by Gasteiger charge is -2.21. The van der Waals surface area contributed by atoms with E-state index in [4.69, 9.17) is 37.0 Å². The highest BCUT2D eigenvalue weighted by molar-refractivity contribution is 7.47. The molecule has 6 atom stereocenters. The highest BCUT2D eigenvalue weighted by Gasteiger charge is 2.30. The van der Waals surface area contributed by atoms with Gasteiger partial charge in [-0.2, -0.15) is 0 Å². The molecule has 0 aliphatic carbocycles. The molecule has 558 valence electrons. The van der Waals surface area contributed by atoms with Crippen molar-refractivity contribution in [2.75, 3.05) is 39.6 Å². The fraction of sp³-hybridized carbons (Fsp3) is 0.947. The van der Waals surface area contributed by atoms with Crippen LogP contribution >= 0.6 is 15.6 Å². The van der Waals surface area contributed by atoms with Crippen molar-refractivity contribution in [1.29, 1.82) is 0 Å². The zero-order valence-electron chi connectivity index (χ0n) is 61.4. The minimum absolute atomic E-state index is 0.103. The average Bonchev–Trinajstić information content (AvgIpc) is 1.84. The quantitative estimate of drug-likeness (QED) is 0.0222. The van der Waals surface area contributed by atoms with Gasteiger partial charge in [0.2, 0.25) is 0 Å². The molecule has 0 rings (SSSR count). The van der Waals surface area contributed by atoms with Gasteiger partial charge >= 0.3 is 39.5 Å². The first-order chi connectivity index (χ1) is 45.3. The van der Waals surface area contributed by atoms with Crippen LogP contribution in [0, 0.1) is 17.8 Å². The number of aliphatic hydroxyl groups is 1. The lowest BCUT2D eigenvalue weighted by Crippen LogP contribution is -2.30. The third-order valence-corrected chi connectivity index (χ3v) is 19.6. The van der Waals surface area contributed by atoms with E-state index in [1.807, 2.05) is 0 Å². The molecule has 3 unspecified atom stereocenters. The number of hydrogen-bond donors (Lipinski definition) is 3. The van der Waals surface area contributed by atoms with Crippen LogP contribution < -0.4 is 0 Å². The maximum absolute atomic E-state index is 13.1. The fourth-order valence-electron chi connectivity index (χ4n) is 11.4. The van der Waals surface area contributed by atoms with E-state index in [0.29, 0.717) is 31.6 Å². The molecule has 0 heterocycles. The van der Waals surface area contributed by atoms with E-state index >= 15 is 0 Å². The van der Waals surface area contributed by atoms with E-state index in [1.165, 1.54) is 186 Å².